The highest BCUT2D eigenvalue weighted by Gasteiger charge is 2.11. The number of hydrogen-bond acceptors (Lipinski definition) is 2. The van der Waals surface area contributed by atoms with Gasteiger partial charge in [0.25, 0.3) is 5.91 Å². The second-order valence-corrected chi connectivity index (χ2v) is 4.49. The first-order valence-electron chi connectivity index (χ1n) is 5.57. The summed E-state index contributed by atoms with van der Waals surface area (Å²) >= 11 is 5.99. The molecule has 1 aromatic carbocycles. The number of aryl methyl sites for hydroxylation is 1. The first kappa shape index (κ1) is 12.6. The van der Waals surface area contributed by atoms with Gasteiger partial charge in [-0.25, -0.2) is 4.98 Å². The van der Waals surface area contributed by atoms with E-state index in [1.165, 1.54) is 0 Å². The van der Waals surface area contributed by atoms with Gasteiger partial charge in [-0.1, -0.05) is 23.7 Å². The van der Waals surface area contributed by atoms with Crippen molar-refractivity contribution in [1.82, 2.24) is 4.98 Å². The highest BCUT2D eigenvalue weighted by molar-refractivity contribution is 6.32. The van der Waals surface area contributed by atoms with Gasteiger partial charge in [-0.15, -0.1) is 0 Å². The molecular weight excluding hydrogens is 248 g/mol. The molecule has 18 heavy (non-hydrogen) atoms. The molecule has 1 N–H and O–H groups in total. The van der Waals surface area contributed by atoms with E-state index in [0.717, 1.165) is 11.1 Å². The van der Waals surface area contributed by atoms with E-state index in [-0.39, 0.29) is 5.91 Å². The summed E-state index contributed by atoms with van der Waals surface area (Å²) in [6, 6.07) is 8.93. The largest absolute Gasteiger partial charge is 0.307 e. The summed E-state index contributed by atoms with van der Waals surface area (Å²) in [6.07, 6.45) is 1.71. The molecule has 1 aromatic heterocycles. The Morgan fingerprint density at radius 2 is 2.00 bits per heavy atom. The Balaban J connectivity index is 2.22. The van der Waals surface area contributed by atoms with E-state index in [9.17, 15) is 4.79 Å². The van der Waals surface area contributed by atoms with Crippen LogP contribution in [0.4, 0.5) is 5.82 Å². The number of benzene rings is 1. The van der Waals surface area contributed by atoms with Crippen molar-refractivity contribution in [3.8, 4) is 0 Å². The minimum Gasteiger partial charge on any atom is -0.307 e. The Morgan fingerprint density at radius 3 is 2.67 bits per heavy atom. The van der Waals surface area contributed by atoms with Gasteiger partial charge in [-0.3, -0.25) is 4.79 Å². The highest BCUT2D eigenvalue weighted by Crippen LogP contribution is 2.19. The molecule has 0 fully saturated rings. The second-order valence-electron chi connectivity index (χ2n) is 4.09. The molecular formula is C14H13ClN2O. The number of nitrogens with zero attached hydrogens (tertiary/aromatic N) is 1. The van der Waals surface area contributed by atoms with E-state index in [2.05, 4.69) is 10.3 Å². The van der Waals surface area contributed by atoms with E-state index >= 15 is 0 Å². The predicted molar refractivity (Wildman–Crippen MR) is 73.1 cm³/mol. The first-order valence-corrected chi connectivity index (χ1v) is 5.95. The van der Waals surface area contributed by atoms with Crippen molar-refractivity contribution in [1.29, 1.82) is 0 Å². The van der Waals surface area contributed by atoms with Crippen molar-refractivity contribution < 1.29 is 4.79 Å². The molecule has 0 aliphatic carbocycles. The van der Waals surface area contributed by atoms with Crippen LogP contribution in [-0.2, 0) is 0 Å². The molecule has 1 amide bonds. The molecule has 92 valence electrons. The number of nitrogens with one attached hydrogen (secondary N) is 1. The summed E-state index contributed by atoms with van der Waals surface area (Å²) in [5, 5.41) is 3.33. The van der Waals surface area contributed by atoms with Gasteiger partial charge in [0, 0.05) is 16.8 Å². The van der Waals surface area contributed by atoms with Gasteiger partial charge in [0.2, 0.25) is 0 Å². The number of halogens is 1. The van der Waals surface area contributed by atoms with Crippen LogP contribution in [0.2, 0.25) is 5.02 Å². The lowest BCUT2D eigenvalue weighted by molar-refractivity contribution is 0.102. The zero-order valence-electron chi connectivity index (χ0n) is 10.2. The zero-order valence-corrected chi connectivity index (χ0v) is 11.0. The highest BCUT2D eigenvalue weighted by atomic mass is 35.5. The Hall–Kier alpha value is -1.87. The monoisotopic (exact) mass is 260 g/mol. The molecule has 0 spiro atoms. The fourth-order valence-electron chi connectivity index (χ4n) is 1.58. The smallest absolute Gasteiger partial charge is 0.257 e. The number of aromatic nitrogens is 1. The maximum Gasteiger partial charge on any atom is 0.257 e. The summed E-state index contributed by atoms with van der Waals surface area (Å²) in [6.45, 7) is 3.76. The molecule has 2 rings (SSSR count). The van der Waals surface area contributed by atoms with Gasteiger partial charge in [-0.2, -0.15) is 0 Å². The average Bonchev–Trinajstić information content (AvgIpc) is 2.35. The van der Waals surface area contributed by atoms with Crippen LogP contribution in [0.25, 0.3) is 0 Å². The quantitative estimate of drug-likeness (QED) is 0.896. The number of rotatable bonds is 2. The number of anilines is 1. The lowest BCUT2D eigenvalue weighted by atomic mass is 10.1. The van der Waals surface area contributed by atoms with Crippen molar-refractivity contribution in [3.63, 3.8) is 0 Å². The molecule has 0 saturated heterocycles. The van der Waals surface area contributed by atoms with E-state index in [1.54, 1.807) is 30.5 Å². The third-order valence-corrected chi connectivity index (χ3v) is 3.07. The minimum absolute atomic E-state index is 0.202. The van der Waals surface area contributed by atoms with Gasteiger partial charge >= 0.3 is 0 Å². The van der Waals surface area contributed by atoms with Crippen LogP contribution < -0.4 is 5.32 Å². The third kappa shape index (κ3) is 2.68. The van der Waals surface area contributed by atoms with Crippen LogP contribution in [0.1, 0.15) is 21.5 Å². The molecule has 0 aliphatic rings. The molecule has 0 bridgehead atoms. The molecule has 0 unspecified atom stereocenters. The topological polar surface area (TPSA) is 42.0 Å². The SMILES string of the molecule is Cc1ccc(NC(=O)c2cccc(Cl)c2C)nc1. The van der Waals surface area contributed by atoms with Crippen molar-refractivity contribution >= 4 is 23.3 Å². The summed E-state index contributed by atoms with van der Waals surface area (Å²) in [5.41, 5.74) is 2.38. The second kappa shape index (κ2) is 5.19. The third-order valence-electron chi connectivity index (χ3n) is 2.67. The molecule has 1 heterocycles. The van der Waals surface area contributed by atoms with Crippen LogP contribution in [0.3, 0.4) is 0 Å². The number of carbonyl (C=O) groups excluding carboxylic acids is 1. The van der Waals surface area contributed by atoms with E-state index < -0.39 is 0 Å². The Morgan fingerprint density at radius 1 is 1.22 bits per heavy atom. The van der Waals surface area contributed by atoms with Crippen molar-refractivity contribution in [2.75, 3.05) is 5.32 Å². The minimum atomic E-state index is -0.202. The van der Waals surface area contributed by atoms with Crippen molar-refractivity contribution in [2.45, 2.75) is 13.8 Å². The van der Waals surface area contributed by atoms with E-state index in [1.807, 2.05) is 19.9 Å². The summed E-state index contributed by atoms with van der Waals surface area (Å²) in [5.74, 6) is 0.330. The molecule has 0 radical (unpaired) electrons. The number of carbonyl (C=O) groups is 1. The zero-order chi connectivity index (χ0) is 13.1. The normalized spacial score (nSPS) is 10.2. The summed E-state index contributed by atoms with van der Waals surface area (Å²) in [7, 11) is 0. The van der Waals surface area contributed by atoms with Crippen LogP contribution in [0.15, 0.2) is 36.5 Å². The van der Waals surface area contributed by atoms with Gasteiger partial charge in [0.05, 0.1) is 0 Å². The van der Waals surface area contributed by atoms with Crippen molar-refractivity contribution in [3.05, 3.63) is 58.2 Å². The van der Waals surface area contributed by atoms with Gasteiger partial charge < -0.3 is 5.32 Å². The summed E-state index contributed by atoms with van der Waals surface area (Å²) < 4.78 is 0. The number of pyridine rings is 1. The Labute approximate surface area is 111 Å². The number of hydrogen-bond donors (Lipinski definition) is 1. The van der Waals surface area contributed by atoms with Crippen LogP contribution >= 0.6 is 11.6 Å². The Bertz CT molecular complexity index is 579. The average molecular weight is 261 g/mol. The molecule has 0 saturated carbocycles. The first-order chi connectivity index (χ1) is 8.58. The van der Waals surface area contributed by atoms with E-state index in [4.69, 9.17) is 11.6 Å². The summed E-state index contributed by atoms with van der Waals surface area (Å²) in [4.78, 5) is 16.2. The van der Waals surface area contributed by atoms with Crippen molar-refractivity contribution in [2.24, 2.45) is 0 Å². The maximum absolute atomic E-state index is 12.1. The van der Waals surface area contributed by atoms with Crippen LogP contribution in [0.5, 0.6) is 0 Å². The predicted octanol–water partition coefficient (Wildman–Crippen LogP) is 3.60. The maximum atomic E-state index is 12.1. The van der Waals surface area contributed by atoms with Crippen LogP contribution in [-0.4, -0.2) is 10.9 Å². The van der Waals surface area contributed by atoms with Gasteiger partial charge in [0.15, 0.2) is 0 Å². The van der Waals surface area contributed by atoms with Gasteiger partial charge in [-0.05, 0) is 43.2 Å². The lowest BCUT2D eigenvalue weighted by Gasteiger charge is -2.08. The Kier molecular flexibility index (Phi) is 3.63. The molecule has 0 aliphatic heterocycles. The van der Waals surface area contributed by atoms with Gasteiger partial charge in [0.1, 0.15) is 5.82 Å². The lowest BCUT2D eigenvalue weighted by Crippen LogP contribution is -2.14. The number of amides is 1. The fourth-order valence-corrected chi connectivity index (χ4v) is 1.75. The standard InChI is InChI=1S/C14H13ClN2O/c1-9-6-7-13(16-8-9)17-14(18)11-4-3-5-12(15)10(11)2/h3-8H,1-2H3,(H,16,17,18). The molecule has 2 aromatic rings. The van der Waals surface area contributed by atoms with Crippen LogP contribution in [0, 0.1) is 13.8 Å². The van der Waals surface area contributed by atoms with E-state index in [0.29, 0.717) is 16.4 Å². The fraction of sp³-hybridized carbons (Fsp3) is 0.143. The molecule has 0 atom stereocenters. The molecule has 3 nitrogen and oxygen atoms in total. The molecule has 4 heteroatoms.